The van der Waals surface area contributed by atoms with Crippen molar-refractivity contribution in [3.63, 3.8) is 0 Å². The zero-order valence-corrected chi connectivity index (χ0v) is 9.29. The van der Waals surface area contributed by atoms with E-state index in [-0.39, 0.29) is 12.4 Å². The summed E-state index contributed by atoms with van der Waals surface area (Å²) in [6, 6.07) is 5.35. The summed E-state index contributed by atoms with van der Waals surface area (Å²) < 4.78 is 10.8. The Morgan fingerprint density at radius 3 is 3.19 bits per heavy atom. The average molecular weight is 221 g/mol. The maximum Gasteiger partial charge on any atom is 0.203 e. The molecule has 2 rings (SSSR count). The third-order valence-corrected chi connectivity index (χ3v) is 2.45. The van der Waals surface area contributed by atoms with E-state index in [1.54, 1.807) is 12.1 Å². The molecular weight excluding hydrogens is 206 g/mol. The van der Waals surface area contributed by atoms with Crippen LogP contribution < -0.4 is 14.8 Å². The molecule has 86 valence electrons. The highest BCUT2D eigenvalue weighted by molar-refractivity contribution is 6.02. The fourth-order valence-electron chi connectivity index (χ4n) is 1.60. The summed E-state index contributed by atoms with van der Waals surface area (Å²) in [5, 5.41) is 3.05. The van der Waals surface area contributed by atoms with Crippen molar-refractivity contribution < 1.29 is 14.3 Å². The first-order valence-electron chi connectivity index (χ1n) is 5.38. The Morgan fingerprint density at radius 2 is 2.38 bits per heavy atom. The number of ether oxygens (including phenoxy) is 2. The number of carbonyl (C=O) groups is 1. The van der Waals surface area contributed by atoms with Crippen molar-refractivity contribution in [2.24, 2.45) is 0 Å². The van der Waals surface area contributed by atoms with Gasteiger partial charge in [-0.15, -0.1) is 0 Å². The molecule has 0 aromatic heterocycles. The van der Waals surface area contributed by atoms with E-state index in [1.165, 1.54) is 0 Å². The van der Waals surface area contributed by atoms with E-state index in [1.807, 2.05) is 13.1 Å². The molecule has 1 aliphatic heterocycles. The van der Waals surface area contributed by atoms with Crippen LogP contribution in [-0.2, 0) is 0 Å². The summed E-state index contributed by atoms with van der Waals surface area (Å²) in [7, 11) is 1.91. The third-order valence-electron chi connectivity index (χ3n) is 2.45. The van der Waals surface area contributed by atoms with Gasteiger partial charge in [-0.2, -0.15) is 0 Å². The number of Topliss-reactive ketones (excluding diaryl/α,β-unsaturated/α-hetero) is 1. The van der Waals surface area contributed by atoms with Crippen LogP contribution in [0.15, 0.2) is 18.2 Å². The molecule has 0 fully saturated rings. The van der Waals surface area contributed by atoms with Gasteiger partial charge < -0.3 is 14.8 Å². The van der Waals surface area contributed by atoms with Gasteiger partial charge in [0, 0.05) is 6.07 Å². The zero-order valence-electron chi connectivity index (χ0n) is 9.29. The van der Waals surface area contributed by atoms with Crippen LogP contribution in [0.4, 0.5) is 0 Å². The van der Waals surface area contributed by atoms with Crippen LogP contribution in [0.1, 0.15) is 16.8 Å². The van der Waals surface area contributed by atoms with Crippen molar-refractivity contribution in [1.82, 2.24) is 5.32 Å². The fraction of sp³-hybridized carbons (Fsp3) is 0.417. The van der Waals surface area contributed by atoms with Gasteiger partial charge in [-0.1, -0.05) is 0 Å². The summed E-state index contributed by atoms with van der Waals surface area (Å²) in [5.74, 6) is 1.43. The SMILES string of the molecule is CNCCCOc1ccc2c(c1)OCC2=O. The normalized spacial score (nSPS) is 13.4. The third kappa shape index (κ3) is 2.33. The molecule has 0 aliphatic carbocycles. The first-order valence-corrected chi connectivity index (χ1v) is 5.38. The predicted octanol–water partition coefficient (Wildman–Crippen LogP) is 1.25. The monoisotopic (exact) mass is 221 g/mol. The molecule has 0 amide bonds. The maximum absolute atomic E-state index is 11.3. The summed E-state index contributed by atoms with van der Waals surface area (Å²) in [6.07, 6.45) is 0.952. The molecule has 1 aromatic carbocycles. The topological polar surface area (TPSA) is 47.6 Å². The highest BCUT2D eigenvalue weighted by Crippen LogP contribution is 2.29. The highest BCUT2D eigenvalue weighted by Gasteiger charge is 2.21. The van der Waals surface area contributed by atoms with E-state index in [9.17, 15) is 4.79 Å². The molecule has 0 radical (unpaired) electrons. The van der Waals surface area contributed by atoms with Gasteiger partial charge in [-0.25, -0.2) is 0 Å². The van der Waals surface area contributed by atoms with E-state index < -0.39 is 0 Å². The van der Waals surface area contributed by atoms with Crippen molar-refractivity contribution in [1.29, 1.82) is 0 Å². The van der Waals surface area contributed by atoms with Crippen LogP contribution in [-0.4, -0.2) is 32.6 Å². The van der Waals surface area contributed by atoms with E-state index in [2.05, 4.69) is 5.32 Å². The van der Waals surface area contributed by atoms with Crippen LogP contribution in [0.25, 0.3) is 0 Å². The minimum atomic E-state index is 0.0386. The molecule has 1 aromatic rings. The summed E-state index contributed by atoms with van der Waals surface area (Å²) in [4.78, 5) is 11.3. The number of fused-ring (bicyclic) bond motifs is 1. The number of benzene rings is 1. The number of hydrogen-bond donors (Lipinski definition) is 1. The maximum atomic E-state index is 11.3. The molecule has 0 atom stereocenters. The molecule has 0 saturated carbocycles. The molecule has 16 heavy (non-hydrogen) atoms. The van der Waals surface area contributed by atoms with Crippen LogP contribution in [0, 0.1) is 0 Å². The smallest absolute Gasteiger partial charge is 0.203 e. The molecule has 0 spiro atoms. The average Bonchev–Trinajstić information content (AvgIpc) is 2.66. The Kier molecular flexibility index (Phi) is 3.41. The molecule has 0 unspecified atom stereocenters. The number of rotatable bonds is 5. The van der Waals surface area contributed by atoms with Gasteiger partial charge in [0.25, 0.3) is 0 Å². The van der Waals surface area contributed by atoms with Gasteiger partial charge in [-0.3, -0.25) is 4.79 Å². The highest BCUT2D eigenvalue weighted by atomic mass is 16.5. The molecule has 4 nitrogen and oxygen atoms in total. The Hall–Kier alpha value is -1.55. The summed E-state index contributed by atoms with van der Waals surface area (Å²) in [6.45, 7) is 1.74. The second-order valence-electron chi connectivity index (χ2n) is 3.68. The van der Waals surface area contributed by atoms with Gasteiger partial charge in [-0.05, 0) is 32.1 Å². The largest absolute Gasteiger partial charge is 0.493 e. The summed E-state index contributed by atoms with van der Waals surface area (Å²) in [5.41, 5.74) is 0.655. The first-order chi connectivity index (χ1) is 7.81. The van der Waals surface area contributed by atoms with Crippen molar-refractivity contribution in [2.75, 3.05) is 26.8 Å². The van der Waals surface area contributed by atoms with Crippen molar-refractivity contribution in [3.8, 4) is 11.5 Å². The Balaban J connectivity index is 1.94. The molecule has 4 heteroatoms. The molecule has 1 heterocycles. The van der Waals surface area contributed by atoms with E-state index in [0.29, 0.717) is 17.9 Å². The van der Waals surface area contributed by atoms with Gasteiger partial charge in [0.15, 0.2) is 6.61 Å². The number of carbonyl (C=O) groups excluding carboxylic acids is 1. The van der Waals surface area contributed by atoms with E-state index in [0.717, 1.165) is 18.7 Å². The molecule has 1 N–H and O–H groups in total. The minimum Gasteiger partial charge on any atom is -0.493 e. The zero-order chi connectivity index (χ0) is 11.4. The molecular formula is C12H15NO3. The number of hydrogen-bond acceptors (Lipinski definition) is 4. The minimum absolute atomic E-state index is 0.0386. The van der Waals surface area contributed by atoms with Gasteiger partial charge in [0.1, 0.15) is 11.5 Å². The fourth-order valence-corrected chi connectivity index (χ4v) is 1.60. The Bertz CT molecular complexity index is 390. The van der Waals surface area contributed by atoms with E-state index in [4.69, 9.17) is 9.47 Å². The molecule has 0 bridgehead atoms. The second kappa shape index (κ2) is 4.99. The standard InChI is InChI=1S/C12H15NO3/c1-13-5-2-6-15-9-3-4-10-11(14)8-16-12(10)7-9/h3-4,7,13H,2,5-6,8H2,1H3. The number of ketones is 1. The van der Waals surface area contributed by atoms with Crippen LogP contribution in [0.5, 0.6) is 11.5 Å². The van der Waals surface area contributed by atoms with E-state index >= 15 is 0 Å². The Morgan fingerprint density at radius 1 is 1.50 bits per heavy atom. The van der Waals surface area contributed by atoms with Crippen LogP contribution in [0.2, 0.25) is 0 Å². The van der Waals surface area contributed by atoms with Crippen LogP contribution >= 0.6 is 0 Å². The van der Waals surface area contributed by atoms with Gasteiger partial charge in [0.05, 0.1) is 12.2 Å². The molecule has 1 aliphatic rings. The van der Waals surface area contributed by atoms with Gasteiger partial charge in [0.2, 0.25) is 5.78 Å². The summed E-state index contributed by atoms with van der Waals surface area (Å²) >= 11 is 0. The second-order valence-corrected chi connectivity index (χ2v) is 3.68. The lowest BCUT2D eigenvalue weighted by atomic mass is 10.1. The number of nitrogens with one attached hydrogen (secondary N) is 1. The first kappa shape index (κ1) is 11.0. The predicted molar refractivity (Wildman–Crippen MR) is 60.3 cm³/mol. The quantitative estimate of drug-likeness (QED) is 0.760. The molecule has 0 saturated heterocycles. The van der Waals surface area contributed by atoms with Crippen molar-refractivity contribution in [3.05, 3.63) is 23.8 Å². The van der Waals surface area contributed by atoms with Crippen molar-refractivity contribution in [2.45, 2.75) is 6.42 Å². The lowest BCUT2D eigenvalue weighted by Crippen LogP contribution is -2.11. The van der Waals surface area contributed by atoms with Crippen molar-refractivity contribution >= 4 is 5.78 Å². The lowest BCUT2D eigenvalue weighted by Gasteiger charge is -2.06. The lowest BCUT2D eigenvalue weighted by molar-refractivity contribution is 0.0961. The van der Waals surface area contributed by atoms with Crippen LogP contribution in [0.3, 0.4) is 0 Å². The van der Waals surface area contributed by atoms with Gasteiger partial charge >= 0.3 is 0 Å². The Labute approximate surface area is 94.6 Å².